The molecule has 2 aromatic carbocycles. The van der Waals surface area contributed by atoms with Crippen LogP contribution >= 0.6 is 0 Å². The summed E-state index contributed by atoms with van der Waals surface area (Å²) in [6.45, 7) is 4.54. The molecule has 2 aliphatic heterocycles. The van der Waals surface area contributed by atoms with Gasteiger partial charge in [0.1, 0.15) is 11.6 Å². The van der Waals surface area contributed by atoms with E-state index in [1.807, 2.05) is 0 Å². The maximum Gasteiger partial charge on any atom is 0.256 e. The van der Waals surface area contributed by atoms with Gasteiger partial charge < -0.3 is 10.2 Å². The number of hydrogen-bond donors (Lipinski definition) is 1. The lowest BCUT2D eigenvalue weighted by Gasteiger charge is -2.31. The van der Waals surface area contributed by atoms with E-state index in [-0.39, 0.29) is 17.4 Å². The fourth-order valence-corrected chi connectivity index (χ4v) is 4.65. The summed E-state index contributed by atoms with van der Waals surface area (Å²) in [5, 5.41) is 3.01. The molecule has 2 fully saturated rings. The molecular weight excluding hydrogens is 424 g/mol. The highest BCUT2D eigenvalue weighted by atomic mass is 19.1. The highest BCUT2D eigenvalue weighted by molar-refractivity contribution is 5.94. The van der Waals surface area contributed by atoms with E-state index in [4.69, 9.17) is 0 Å². The average Bonchev–Trinajstić information content (AvgIpc) is 2.84. The number of halogens is 2. The van der Waals surface area contributed by atoms with Crippen LogP contribution < -0.4 is 5.32 Å². The monoisotopic (exact) mass is 455 g/mol. The molecule has 2 amide bonds. The summed E-state index contributed by atoms with van der Waals surface area (Å²) in [4.78, 5) is 29.2. The molecule has 0 aliphatic carbocycles. The third kappa shape index (κ3) is 6.16. The maximum atomic E-state index is 13.9. The number of piperidine rings is 2. The molecule has 7 heteroatoms. The smallest absolute Gasteiger partial charge is 0.256 e. The van der Waals surface area contributed by atoms with Gasteiger partial charge in [-0.05, 0) is 62.0 Å². The molecule has 4 rings (SSSR count). The number of carbonyl (C=O) groups is 2. The maximum absolute atomic E-state index is 13.9. The van der Waals surface area contributed by atoms with E-state index in [1.54, 1.807) is 0 Å². The van der Waals surface area contributed by atoms with Gasteiger partial charge in [0.25, 0.3) is 5.91 Å². The Bertz CT molecular complexity index is 966. The second-order valence-corrected chi connectivity index (χ2v) is 9.06. The van der Waals surface area contributed by atoms with E-state index in [0.717, 1.165) is 18.2 Å². The predicted molar refractivity (Wildman–Crippen MR) is 122 cm³/mol. The zero-order valence-corrected chi connectivity index (χ0v) is 18.9. The molecule has 33 heavy (non-hydrogen) atoms. The number of benzene rings is 2. The minimum Gasteiger partial charge on any atom is -0.352 e. The highest BCUT2D eigenvalue weighted by Gasteiger charge is 2.28. The molecule has 2 heterocycles. The summed E-state index contributed by atoms with van der Waals surface area (Å²) in [6.07, 6.45) is 4.93. The Morgan fingerprint density at radius 1 is 0.879 bits per heavy atom. The SMILES string of the molecule is O=C(NCc1ccc(CN2CCCCC2)cc1)C1CCN(C(=O)c2ccc(F)cc2F)CC1. The van der Waals surface area contributed by atoms with E-state index in [1.165, 1.54) is 48.9 Å². The van der Waals surface area contributed by atoms with Crippen LogP contribution in [0.4, 0.5) is 8.78 Å². The first kappa shape index (κ1) is 23.4. The van der Waals surface area contributed by atoms with Gasteiger partial charge in [-0.25, -0.2) is 8.78 Å². The second-order valence-electron chi connectivity index (χ2n) is 9.06. The quantitative estimate of drug-likeness (QED) is 0.713. The second kappa shape index (κ2) is 10.9. The number of likely N-dealkylation sites (tertiary alicyclic amines) is 2. The van der Waals surface area contributed by atoms with E-state index in [9.17, 15) is 18.4 Å². The lowest BCUT2D eigenvalue weighted by molar-refractivity contribution is -0.126. The molecule has 1 N–H and O–H groups in total. The van der Waals surface area contributed by atoms with E-state index in [2.05, 4.69) is 34.5 Å². The number of carbonyl (C=O) groups excluding carboxylic acids is 2. The molecular formula is C26H31F2N3O2. The first-order chi connectivity index (χ1) is 16.0. The number of nitrogens with zero attached hydrogens (tertiary/aromatic N) is 2. The van der Waals surface area contributed by atoms with Gasteiger partial charge in [-0.15, -0.1) is 0 Å². The number of hydrogen-bond acceptors (Lipinski definition) is 3. The molecule has 0 unspecified atom stereocenters. The number of amides is 2. The Hall–Kier alpha value is -2.80. The zero-order valence-electron chi connectivity index (χ0n) is 18.9. The first-order valence-electron chi connectivity index (χ1n) is 11.8. The zero-order chi connectivity index (χ0) is 23.2. The van der Waals surface area contributed by atoms with Crippen LogP contribution in [0, 0.1) is 17.6 Å². The Balaban J connectivity index is 1.22. The topological polar surface area (TPSA) is 52.7 Å². The standard InChI is InChI=1S/C26H31F2N3O2/c27-22-8-9-23(24(28)16-22)26(33)31-14-10-21(11-15-31)25(32)29-17-19-4-6-20(7-5-19)18-30-12-2-1-3-13-30/h4-9,16,21H,1-3,10-15,17-18H2,(H,29,32). The third-order valence-corrected chi connectivity index (χ3v) is 6.66. The molecule has 5 nitrogen and oxygen atoms in total. The van der Waals surface area contributed by atoms with Gasteiger partial charge in [-0.3, -0.25) is 14.5 Å². The average molecular weight is 456 g/mol. The van der Waals surface area contributed by atoms with Crippen molar-refractivity contribution >= 4 is 11.8 Å². The van der Waals surface area contributed by atoms with Gasteiger partial charge in [0.15, 0.2) is 0 Å². The Kier molecular flexibility index (Phi) is 7.70. The molecule has 0 bridgehead atoms. The van der Waals surface area contributed by atoms with Gasteiger partial charge in [-0.1, -0.05) is 30.7 Å². The largest absolute Gasteiger partial charge is 0.352 e. The fraction of sp³-hybridized carbons (Fsp3) is 0.462. The van der Waals surface area contributed by atoms with Gasteiger partial charge >= 0.3 is 0 Å². The van der Waals surface area contributed by atoms with E-state index in [0.29, 0.717) is 38.5 Å². The normalized spacial score (nSPS) is 17.7. The predicted octanol–water partition coefficient (Wildman–Crippen LogP) is 4.12. The Morgan fingerprint density at radius 2 is 1.55 bits per heavy atom. The van der Waals surface area contributed by atoms with Crippen molar-refractivity contribution in [3.63, 3.8) is 0 Å². The van der Waals surface area contributed by atoms with Crippen molar-refractivity contribution in [2.45, 2.75) is 45.2 Å². The van der Waals surface area contributed by atoms with Crippen LogP contribution in [-0.4, -0.2) is 47.8 Å². The fourth-order valence-electron chi connectivity index (χ4n) is 4.65. The molecule has 2 saturated heterocycles. The van der Waals surface area contributed by atoms with E-state index < -0.39 is 17.5 Å². The van der Waals surface area contributed by atoms with Crippen molar-refractivity contribution in [2.75, 3.05) is 26.2 Å². The van der Waals surface area contributed by atoms with Gasteiger partial charge in [0.05, 0.1) is 5.56 Å². The van der Waals surface area contributed by atoms with Crippen molar-refractivity contribution in [1.82, 2.24) is 15.1 Å². The van der Waals surface area contributed by atoms with Crippen LogP contribution in [-0.2, 0) is 17.9 Å². The van der Waals surface area contributed by atoms with Crippen molar-refractivity contribution in [3.05, 3.63) is 70.8 Å². The lowest BCUT2D eigenvalue weighted by Crippen LogP contribution is -2.43. The molecule has 0 radical (unpaired) electrons. The minimum atomic E-state index is -0.859. The summed E-state index contributed by atoms with van der Waals surface area (Å²) in [6, 6.07) is 11.4. The van der Waals surface area contributed by atoms with Crippen LogP contribution in [0.5, 0.6) is 0 Å². The molecule has 0 aromatic heterocycles. The first-order valence-corrected chi connectivity index (χ1v) is 11.8. The summed E-state index contributed by atoms with van der Waals surface area (Å²) < 4.78 is 27.0. The highest BCUT2D eigenvalue weighted by Crippen LogP contribution is 2.21. The number of rotatable bonds is 6. The lowest BCUT2D eigenvalue weighted by atomic mass is 9.95. The van der Waals surface area contributed by atoms with Crippen LogP contribution in [0.1, 0.15) is 53.6 Å². The van der Waals surface area contributed by atoms with E-state index >= 15 is 0 Å². The van der Waals surface area contributed by atoms with Crippen molar-refractivity contribution < 1.29 is 18.4 Å². The van der Waals surface area contributed by atoms with Crippen LogP contribution in [0.15, 0.2) is 42.5 Å². The molecule has 2 aliphatic rings. The molecule has 2 aromatic rings. The van der Waals surface area contributed by atoms with Gasteiger partial charge in [-0.2, -0.15) is 0 Å². The minimum absolute atomic E-state index is 0.0209. The van der Waals surface area contributed by atoms with Gasteiger partial charge in [0, 0.05) is 38.2 Å². The van der Waals surface area contributed by atoms with Crippen molar-refractivity contribution in [1.29, 1.82) is 0 Å². The third-order valence-electron chi connectivity index (χ3n) is 6.66. The summed E-state index contributed by atoms with van der Waals surface area (Å²) >= 11 is 0. The number of nitrogens with one attached hydrogen (secondary N) is 1. The van der Waals surface area contributed by atoms with Crippen LogP contribution in [0.2, 0.25) is 0 Å². The molecule has 0 atom stereocenters. The molecule has 176 valence electrons. The molecule has 0 saturated carbocycles. The van der Waals surface area contributed by atoms with Crippen LogP contribution in [0.3, 0.4) is 0 Å². The molecule has 0 spiro atoms. The van der Waals surface area contributed by atoms with Crippen molar-refractivity contribution in [2.24, 2.45) is 5.92 Å². The summed E-state index contributed by atoms with van der Waals surface area (Å²) in [7, 11) is 0. The van der Waals surface area contributed by atoms with Crippen molar-refractivity contribution in [3.8, 4) is 0 Å². The summed E-state index contributed by atoms with van der Waals surface area (Å²) in [5.41, 5.74) is 2.22. The summed E-state index contributed by atoms with van der Waals surface area (Å²) in [5.74, 6) is -2.23. The van der Waals surface area contributed by atoms with Gasteiger partial charge in [0.2, 0.25) is 5.91 Å². The van der Waals surface area contributed by atoms with Crippen LogP contribution in [0.25, 0.3) is 0 Å². The Labute approximate surface area is 193 Å². The Morgan fingerprint density at radius 3 is 2.21 bits per heavy atom.